The molecule has 0 aliphatic rings. The second-order valence-corrected chi connectivity index (χ2v) is 5.59. The van der Waals surface area contributed by atoms with Crippen molar-refractivity contribution in [3.05, 3.63) is 29.8 Å². The van der Waals surface area contributed by atoms with Crippen molar-refractivity contribution in [1.29, 1.82) is 0 Å². The average Bonchev–Trinajstić information content (AvgIpc) is 2.17. The Morgan fingerprint density at radius 3 is 2.27 bits per heavy atom. The second kappa shape index (κ2) is 4.74. The molecule has 0 aliphatic carbocycles. The molecule has 0 bridgehead atoms. The third-order valence-corrected chi connectivity index (χ3v) is 3.35. The summed E-state index contributed by atoms with van der Waals surface area (Å²) in [4.78, 5) is 4.86. The maximum absolute atomic E-state index is 11.2. The van der Waals surface area contributed by atoms with Gasteiger partial charge in [-0.25, -0.2) is 14.3 Å². The van der Waals surface area contributed by atoms with Gasteiger partial charge in [0.15, 0.2) is 9.84 Å². The van der Waals surface area contributed by atoms with Gasteiger partial charge in [0, 0.05) is 12.2 Å². The van der Waals surface area contributed by atoms with Crippen molar-refractivity contribution in [1.82, 2.24) is 0 Å². The fraction of sp³-hybridized carbons (Fsp3) is 0.400. The van der Waals surface area contributed by atoms with Crippen molar-refractivity contribution in [2.45, 2.75) is 17.7 Å². The molecule has 0 saturated carbocycles. The zero-order valence-electron chi connectivity index (χ0n) is 8.80. The SMILES string of the molecule is CC(CON)c1ccc(S(C)(=O)=O)cc1. The average molecular weight is 229 g/mol. The molecule has 5 heteroatoms. The summed E-state index contributed by atoms with van der Waals surface area (Å²) >= 11 is 0. The highest BCUT2D eigenvalue weighted by molar-refractivity contribution is 7.90. The van der Waals surface area contributed by atoms with Crippen molar-refractivity contribution >= 4 is 9.84 Å². The van der Waals surface area contributed by atoms with Gasteiger partial charge in [-0.1, -0.05) is 19.1 Å². The molecule has 0 aromatic heterocycles. The molecule has 0 heterocycles. The van der Waals surface area contributed by atoms with Crippen LogP contribution in [0, 0.1) is 0 Å². The predicted molar refractivity (Wildman–Crippen MR) is 58.1 cm³/mol. The van der Waals surface area contributed by atoms with Gasteiger partial charge in [0.25, 0.3) is 0 Å². The van der Waals surface area contributed by atoms with Crippen LogP contribution in [0.15, 0.2) is 29.2 Å². The van der Waals surface area contributed by atoms with Crippen LogP contribution in [0.3, 0.4) is 0 Å². The van der Waals surface area contributed by atoms with E-state index >= 15 is 0 Å². The summed E-state index contributed by atoms with van der Waals surface area (Å²) in [5, 5.41) is 0. The minimum Gasteiger partial charge on any atom is -0.304 e. The normalized spacial score (nSPS) is 13.8. The maximum Gasteiger partial charge on any atom is 0.175 e. The molecule has 1 aromatic carbocycles. The van der Waals surface area contributed by atoms with Gasteiger partial charge in [0.1, 0.15) is 0 Å². The van der Waals surface area contributed by atoms with Crippen molar-refractivity contribution in [3.8, 4) is 0 Å². The van der Waals surface area contributed by atoms with E-state index in [9.17, 15) is 8.42 Å². The van der Waals surface area contributed by atoms with E-state index in [2.05, 4.69) is 4.84 Å². The van der Waals surface area contributed by atoms with E-state index in [-0.39, 0.29) is 5.92 Å². The molecular formula is C10H15NO3S. The highest BCUT2D eigenvalue weighted by atomic mass is 32.2. The molecule has 0 aliphatic heterocycles. The first-order valence-corrected chi connectivity index (χ1v) is 6.46. The molecule has 0 spiro atoms. The first-order chi connectivity index (χ1) is 6.95. The van der Waals surface area contributed by atoms with Crippen LogP contribution >= 0.6 is 0 Å². The maximum atomic E-state index is 11.2. The lowest BCUT2D eigenvalue weighted by molar-refractivity contribution is 0.126. The van der Waals surface area contributed by atoms with Crippen LogP contribution in [0.5, 0.6) is 0 Å². The van der Waals surface area contributed by atoms with Crippen LogP contribution in [0.2, 0.25) is 0 Å². The van der Waals surface area contributed by atoms with E-state index in [1.54, 1.807) is 24.3 Å². The predicted octanol–water partition coefficient (Wildman–Crippen LogP) is 1.08. The Labute approximate surface area is 89.9 Å². The molecule has 4 nitrogen and oxygen atoms in total. The van der Waals surface area contributed by atoms with Crippen LogP contribution in [0.4, 0.5) is 0 Å². The summed E-state index contributed by atoms with van der Waals surface area (Å²) in [6, 6.07) is 6.75. The number of benzene rings is 1. The Morgan fingerprint density at radius 2 is 1.87 bits per heavy atom. The van der Waals surface area contributed by atoms with Crippen LogP contribution < -0.4 is 5.90 Å². The van der Waals surface area contributed by atoms with E-state index in [1.807, 2.05) is 6.92 Å². The van der Waals surface area contributed by atoms with Crippen molar-refractivity contribution in [3.63, 3.8) is 0 Å². The number of nitrogens with two attached hydrogens (primary N) is 1. The van der Waals surface area contributed by atoms with Gasteiger partial charge < -0.3 is 4.84 Å². The molecule has 15 heavy (non-hydrogen) atoms. The van der Waals surface area contributed by atoms with Gasteiger partial charge in [-0.2, -0.15) is 0 Å². The fourth-order valence-electron chi connectivity index (χ4n) is 1.28. The molecule has 0 saturated heterocycles. The summed E-state index contributed by atoms with van der Waals surface area (Å²) in [5.41, 5.74) is 1.01. The number of rotatable bonds is 4. The molecular weight excluding hydrogens is 214 g/mol. The van der Waals surface area contributed by atoms with E-state index in [0.29, 0.717) is 11.5 Å². The van der Waals surface area contributed by atoms with Gasteiger partial charge >= 0.3 is 0 Å². The van der Waals surface area contributed by atoms with E-state index in [1.165, 1.54) is 6.26 Å². The Bertz CT molecular complexity index is 411. The van der Waals surface area contributed by atoms with Crippen molar-refractivity contribution in [2.75, 3.05) is 12.9 Å². The molecule has 1 atom stereocenters. The van der Waals surface area contributed by atoms with Gasteiger partial charge in [0.05, 0.1) is 11.5 Å². The number of hydrogen-bond donors (Lipinski definition) is 1. The molecule has 84 valence electrons. The van der Waals surface area contributed by atoms with Gasteiger partial charge in [-0.05, 0) is 17.7 Å². The number of sulfone groups is 1. The largest absolute Gasteiger partial charge is 0.304 e. The van der Waals surface area contributed by atoms with Crippen molar-refractivity contribution in [2.24, 2.45) is 5.90 Å². The smallest absolute Gasteiger partial charge is 0.175 e. The topological polar surface area (TPSA) is 69.4 Å². The van der Waals surface area contributed by atoms with Crippen LogP contribution in [0.25, 0.3) is 0 Å². The lowest BCUT2D eigenvalue weighted by Gasteiger charge is -2.10. The van der Waals surface area contributed by atoms with E-state index < -0.39 is 9.84 Å². The summed E-state index contributed by atoms with van der Waals surface area (Å²) in [7, 11) is -3.11. The molecule has 0 amide bonds. The van der Waals surface area contributed by atoms with Gasteiger partial charge in [0.2, 0.25) is 0 Å². The highest BCUT2D eigenvalue weighted by Gasteiger charge is 2.09. The lowest BCUT2D eigenvalue weighted by Crippen LogP contribution is -2.08. The minimum absolute atomic E-state index is 0.156. The standard InChI is InChI=1S/C10H15NO3S/c1-8(7-14-11)9-3-5-10(6-4-9)15(2,12)13/h3-6,8H,7,11H2,1-2H3. The molecule has 2 N–H and O–H groups in total. The Morgan fingerprint density at radius 1 is 1.33 bits per heavy atom. The lowest BCUT2D eigenvalue weighted by atomic mass is 10.0. The monoisotopic (exact) mass is 229 g/mol. The zero-order valence-corrected chi connectivity index (χ0v) is 9.62. The third-order valence-electron chi connectivity index (χ3n) is 2.22. The number of hydrogen-bond acceptors (Lipinski definition) is 4. The first kappa shape index (κ1) is 12.2. The quantitative estimate of drug-likeness (QED) is 0.784. The third kappa shape index (κ3) is 3.30. The Hall–Kier alpha value is -0.910. The second-order valence-electron chi connectivity index (χ2n) is 3.58. The molecule has 1 aromatic rings. The van der Waals surface area contributed by atoms with Crippen molar-refractivity contribution < 1.29 is 13.3 Å². The summed E-state index contributed by atoms with van der Waals surface area (Å²) < 4.78 is 22.4. The minimum atomic E-state index is -3.11. The summed E-state index contributed by atoms with van der Waals surface area (Å²) in [5.74, 6) is 5.13. The molecule has 0 radical (unpaired) electrons. The molecule has 1 rings (SSSR count). The van der Waals surface area contributed by atoms with Gasteiger partial charge in [-0.15, -0.1) is 0 Å². The van der Waals surface area contributed by atoms with Crippen LogP contribution in [0.1, 0.15) is 18.4 Å². The van der Waals surface area contributed by atoms with Crippen LogP contribution in [-0.2, 0) is 14.7 Å². The van der Waals surface area contributed by atoms with Gasteiger partial charge in [-0.3, -0.25) is 0 Å². The fourth-order valence-corrected chi connectivity index (χ4v) is 1.91. The molecule has 1 unspecified atom stereocenters. The van der Waals surface area contributed by atoms with E-state index in [0.717, 1.165) is 5.56 Å². The Kier molecular flexibility index (Phi) is 3.84. The summed E-state index contributed by atoms with van der Waals surface area (Å²) in [6.45, 7) is 2.38. The summed E-state index contributed by atoms with van der Waals surface area (Å²) in [6.07, 6.45) is 1.19. The van der Waals surface area contributed by atoms with Crippen LogP contribution in [-0.4, -0.2) is 21.3 Å². The molecule has 0 fully saturated rings. The van der Waals surface area contributed by atoms with E-state index in [4.69, 9.17) is 5.90 Å². The zero-order chi connectivity index (χ0) is 11.5. The first-order valence-electron chi connectivity index (χ1n) is 4.57. The Balaban J connectivity index is 2.90. The highest BCUT2D eigenvalue weighted by Crippen LogP contribution is 2.17.